The first-order valence-corrected chi connectivity index (χ1v) is 5.56. The lowest BCUT2D eigenvalue weighted by molar-refractivity contribution is 0.223. The summed E-state index contributed by atoms with van der Waals surface area (Å²) in [5.74, 6) is 0. The molecule has 0 unspecified atom stereocenters. The van der Waals surface area contributed by atoms with Gasteiger partial charge in [-0.1, -0.05) is 18.2 Å². The minimum atomic E-state index is -2.05. The molecule has 0 aromatic heterocycles. The molecule has 0 aliphatic carbocycles. The summed E-state index contributed by atoms with van der Waals surface area (Å²) >= 11 is 0. The molecule has 0 rings (SSSR count). The zero-order valence-corrected chi connectivity index (χ0v) is 9.42. The van der Waals surface area contributed by atoms with Crippen LogP contribution in [-0.2, 0) is 13.3 Å². The molecule has 0 heterocycles. The van der Waals surface area contributed by atoms with E-state index in [4.69, 9.17) is 13.3 Å². The van der Waals surface area contributed by atoms with E-state index in [2.05, 4.69) is 0 Å². The first kappa shape index (κ1) is 11.8. The van der Waals surface area contributed by atoms with Crippen molar-refractivity contribution >= 4 is 9.53 Å². The van der Waals surface area contributed by atoms with Gasteiger partial charge in [-0.05, 0) is 20.8 Å². The molecule has 0 saturated carbocycles. The van der Waals surface area contributed by atoms with Gasteiger partial charge in [0.25, 0.3) is 0 Å². The summed E-state index contributed by atoms with van der Waals surface area (Å²) in [5.41, 5.74) is 0. The van der Waals surface area contributed by atoms with Gasteiger partial charge in [0.1, 0.15) is 0 Å². The molecule has 4 heteroatoms. The predicted octanol–water partition coefficient (Wildman–Crippen LogP) is 2.35. The summed E-state index contributed by atoms with van der Waals surface area (Å²) in [6, 6.07) is 0. The highest BCUT2D eigenvalue weighted by Gasteiger charge is 2.14. The fourth-order valence-electron chi connectivity index (χ4n) is 0.524. The quantitative estimate of drug-likeness (QED) is 0.486. The van der Waals surface area contributed by atoms with Gasteiger partial charge < -0.3 is 13.3 Å². The lowest BCUT2D eigenvalue weighted by atomic mass is 10.7. The zero-order chi connectivity index (χ0) is 9.94. The fraction of sp³-hybridized carbons (Fsp3) is 0.333. The van der Waals surface area contributed by atoms with E-state index in [1.807, 2.05) is 20.8 Å². The first-order valence-electron chi connectivity index (χ1n) is 4.15. The van der Waals surface area contributed by atoms with Gasteiger partial charge in [-0.15, -0.1) is 0 Å². The molecule has 0 saturated heterocycles. The Balaban J connectivity index is 3.86. The van der Waals surface area contributed by atoms with Crippen molar-refractivity contribution in [3.05, 3.63) is 37.0 Å². The van der Waals surface area contributed by atoms with E-state index in [9.17, 15) is 0 Å². The van der Waals surface area contributed by atoms with E-state index >= 15 is 0 Å². The second kappa shape index (κ2) is 8.93. The predicted molar refractivity (Wildman–Crippen MR) is 54.8 cm³/mol. The van der Waals surface area contributed by atoms with E-state index in [-0.39, 0.29) is 0 Å². The standard InChI is InChI=1S/C9H16O3Si/c1-4-7-10-13(11-8-5-2)12-9-6-3/h4-9,13H,1-3H3/b7-4+,8-5+,9-6+. The Morgan fingerprint density at radius 1 is 0.692 bits per heavy atom. The van der Waals surface area contributed by atoms with E-state index < -0.39 is 9.53 Å². The molecule has 0 fully saturated rings. The zero-order valence-electron chi connectivity index (χ0n) is 8.27. The maximum absolute atomic E-state index is 5.21. The Labute approximate surface area is 81.3 Å². The minimum absolute atomic E-state index is 1.57. The molecule has 0 aromatic rings. The lowest BCUT2D eigenvalue weighted by Gasteiger charge is -2.11. The van der Waals surface area contributed by atoms with Crippen molar-refractivity contribution in [3.8, 4) is 0 Å². The molecule has 0 aliphatic rings. The van der Waals surface area contributed by atoms with Gasteiger partial charge in [-0.3, -0.25) is 0 Å². The molecule has 0 amide bonds. The van der Waals surface area contributed by atoms with Crippen molar-refractivity contribution in [2.45, 2.75) is 20.8 Å². The normalized spacial score (nSPS) is 12.0. The van der Waals surface area contributed by atoms with E-state index in [0.717, 1.165) is 0 Å². The summed E-state index contributed by atoms with van der Waals surface area (Å²) in [5, 5.41) is 0. The van der Waals surface area contributed by atoms with Crippen LogP contribution in [-0.4, -0.2) is 9.53 Å². The highest BCUT2D eigenvalue weighted by Crippen LogP contribution is 1.95. The number of allylic oxidation sites excluding steroid dienone is 3. The van der Waals surface area contributed by atoms with Crippen molar-refractivity contribution in [1.82, 2.24) is 0 Å². The van der Waals surface area contributed by atoms with Crippen molar-refractivity contribution in [2.24, 2.45) is 0 Å². The maximum atomic E-state index is 5.21. The average Bonchev–Trinajstić information content (AvgIpc) is 2.17. The molecular weight excluding hydrogens is 184 g/mol. The summed E-state index contributed by atoms with van der Waals surface area (Å²) in [4.78, 5) is 0. The molecule has 0 N–H and O–H groups in total. The SMILES string of the molecule is C/C=C/O[SiH](O/C=C/C)O/C=C/C. The number of hydrogen-bond donors (Lipinski definition) is 0. The third-order valence-corrected chi connectivity index (χ3v) is 2.12. The molecule has 0 aliphatic heterocycles. The van der Waals surface area contributed by atoms with Crippen LogP contribution in [0.4, 0.5) is 0 Å². The monoisotopic (exact) mass is 200 g/mol. The van der Waals surface area contributed by atoms with Crippen LogP contribution in [0.5, 0.6) is 0 Å². The highest BCUT2D eigenvalue weighted by atomic mass is 28.3. The van der Waals surface area contributed by atoms with Crippen LogP contribution in [0.25, 0.3) is 0 Å². The van der Waals surface area contributed by atoms with Crippen LogP contribution in [0.15, 0.2) is 37.0 Å². The van der Waals surface area contributed by atoms with Gasteiger partial charge in [0, 0.05) is 0 Å². The van der Waals surface area contributed by atoms with Crippen LogP contribution >= 0.6 is 0 Å². The number of hydrogen-bond acceptors (Lipinski definition) is 3. The second-order valence-corrected chi connectivity index (χ2v) is 3.50. The van der Waals surface area contributed by atoms with E-state index in [1.165, 1.54) is 0 Å². The van der Waals surface area contributed by atoms with Crippen LogP contribution in [0.1, 0.15) is 20.8 Å². The minimum Gasteiger partial charge on any atom is -0.493 e. The first-order chi connectivity index (χ1) is 6.35. The molecule has 0 atom stereocenters. The van der Waals surface area contributed by atoms with Crippen molar-refractivity contribution in [3.63, 3.8) is 0 Å². The van der Waals surface area contributed by atoms with Gasteiger partial charge in [-0.25, -0.2) is 0 Å². The topological polar surface area (TPSA) is 27.7 Å². The van der Waals surface area contributed by atoms with Gasteiger partial charge in [0.15, 0.2) is 0 Å². The average molecular weight is 200 g/mol. The van der Waals surface area contributed by atoms with Gasteiger partial charge in [-0.2, -0.15) is 0 Å². The largest absolute Gasteiger partial charge is 0.681 e. The smallest absolute Gasteiger partial charge is 0.493 e. The van der Waals surface area contributed by atoms with Crippen LogP contribution in [0, 0.1) is 0 Å². The highest BCUT2D eigenvalue weighted by molar-refractivity contribution is 6.37. The molecule has 74 valence electrons. The van der Waals surface area contributed by atoms with Crippen LogP contribution < -0.4 is 0 Å². The Morgan fingerprint density at radius 2 is 1.00 bits per heavy atom. The maximum Gasteiger partial charge on any atom is 0.681 e. The van der Waals surface area contributed by atoms with Crippen LogP contribution in [0.3, 0.4) is 0 Å². The van der Waals surface area contributed by atoms with Crippen LogP contribution in [0.2, 0.25) is 0 Å². The Hall–Kier alpha value is -1.16. The molecule has 3 nitrogen and oxygen atoms in total. The van der Waals surface area contributed by atoms with Crippen molar-refractivity contribution in [1.29, 1.82) is 0 Å². The second-order valence-electron chi connectivity index (χ2n) is 2.11. The molecule has 13 heavy (non-hydrogen) atoms. The van der Waals surface area contributed by atoms with Gasteiger partial charge in [0.2, 0.25) is 0 Å². The molecule has 0 aromatic carbocycles. The summed E-state index contributed by atoms with van der Waals surface area (Å²) < 4.78 is 15.6. The molecule has 0 spiro atoms. The van der Waals surface area contributed by atoms with Gasteiger partial charge in [0.05, 0.1) is 18.8 Å². The summed E-state index contributed by atoms with van der Waals surface area (Å²) in [6.45, 7) is 5.62. The van der Waals surface area contributed by atoms with Crippen molar-refractivity contribution < 1.29 is 13.3 Å². The summed E-state index contributed by atoms with van der Waals surface area (Å²) in [7, 11) is -2.05. The lowest BCUT2D eigenvalue weighted by Crippen LogP contribution is -2.20. The third-order valence-electron chi connectivity index (χ3n) is 0.977. The van der Waals surface area contributed by atoms with E-state index in [0.29, 0.717) is 0 Å². The van der Waals surface area contributed by atoms with E-state index in [1.54, 1.807) is 37.0 Å². The Kier molecular flexibility index (Phi) is 8.13. The molecule has 0 bridgehead atoms. The number of rotatable bonds is 6. The molecule has 0 radical (unpaired) electrons. The Bertz CT molecular complexity index is 154. The molecular formula is C9H16O3Si. The van der Waals surface area contributed by atoms with Gasteiger partial charge >= 0.3 is 9.53 Å². The fourth-order valence-corrected chi connectivity index (χ4v) is 1.57. The Morgan fingerprint density at radius 3 is 1.23 bits per heavy atom. The van der Waals surface area contributed by atoms with Crippen molar-refractivity contribution in [2.75, 3.05) is 0 Å². The summed E-state index contributed by atoms with van der Waals surface area (Å²) in [6.07, 6.45) is 10.1. The third kappa shape index (κ3) is 7.21.